The first-order valence-electron chi connectivity index (χ1n) is 7.17. The zero-order chi connectivity index (χ0) is 14.4. The number of hydrogen-bond donors (Lipinski definition) is 2. The van der Waals surface area contributed by atoms with Crippen LogP contribution in [0.3, 0.4) is 0 Å². The summed E-state index contributed by atoms with van der Waals surface area (Å²) in [6.07, 6.45) is 0.991. The summed E-state index contributed by atoms with van der Waals surface area (Å²) < 4.78 is 0. The van der Waals surface area contributed by atoms with Crippen molar-refractivity contribution >= 4 is 5.91 Å². The van der Waals surface area contributed by atoms with Gasteiger partial charge in [0.05, 0.1) is 0 Å². The molecule has 1 aromatic heterocycles. The Morgan fingerprint density at radius 2 is 1.79 bits per heavy atom. The molecule has 0 aliphatic carbocycles. The number of rotatable bonds is 7. The molecule has 0 aliphatic heterocycles. The number of nitrogens with one attached hydrogen (secondary N) is 2. The molecule has 0 unspecified atom stereocenters. The van der Waals surface area contributed by atoms with E-state index in [0.29, 0.717) is 5.69 Å². The van der Waals surface area contributed by atoms with Crippen LogP contribution >= 0.6 is 0 Å². The number of aromatic nitrogens is 1. The Kier molecular flexibility index (Phi) is 6.09. The van der Waals surface area contributed by atoms with E-state index in [4.69, 9.17) is 0 Å². The van der Waals surface area contributed by atoms with Crippen molar-refractivity contribution in [1.82, 2.24) is 15.2 Å². The third-order valence-corrected chi connectivity index (χ3v) is 3.87. The molecule has 19 heavy (non-hydrogen) atoms. The Bertz CT molecular complexity index is 419. The lowest BCUT2D eigenvalue weighted by Crippen LogP contribution is -2.30. The second-order valence-electron chi connectivity index (χ2n) is 5.01. The monoisotopic (exact) mass is 265 g/mol. The standard InChI is InChI=1S/C15H27N3O/c1-6-18(7-2)10-8-9-16-15(19)14-12(4)11(3)13(5)17-14/h17H,6-10H2,1-5H3,(H,16,19). The second-order valence-corrected chi connectivity index (χ2v) is 5.01. The van der Waals surface area contributed by atoms with E-state index >= 15 is 0 Å². The van der Waals surface area contributed by atoms with Gasteiger partial charge in [0.25, 0.3) is 5.91 Å². The van der Waals surface area contributed by atoms with Gasteiger partial charge in [0.1, 0.15) is 5.69 Å². The van der Waals surface area contributed by atoms with Crippen molar-refractivity contribution in [3.8, 4) is 0 Å². The van der Waals surface area contributed by atoms with Crippen molar-refractivity contribution in [1.29, 1.82) is 0 Å². The van der Waals surface area contributed by atoms with Crippen LogP contribution in [0.5, 0.6) is 0 Å². The Morgan fingerprint density at radius 1 is 1.16 bits per heavy atom. The van der Waals surface area contributed by atoms with Gasteiger partial charge in [-0.1, -0.05) is 13.8 Å². The number of aryl methyl sites for hydroxylation is 1. The van der Waals surface area contributed by atoms with Crippen LogP contribution in [0.2, 0.25) is 0 Å². The van der Waals surface area contributed by atoms with E-state index in [1.165, 1.54) is 5.56 Å². The van der Waals surface area contributed by atoms with E-state index < -0.39 is 0 Å². The van der Waals surface area contributed by atoms with Crippen LogP contribution in [0.15, 0.2) is 0 Å². The van der Waals surface area contributed by atoms with E-state index in [0.717, 1.165) is 43.9 Å². The topological polar surface area (TPSA) is 48.1 Å². The third kappa shape index (κ3) is 4.10. The summed E-state index contributed by atoms with van der Waals surface area (Å²) in [6.45, 7) is 14.3. The lowest BCUT2D eigenvalue weighted by Gasteiger charge is -2.17. The number of carbonyl (C=O) groups excluding carboxylic acids is 1. The number of H-pyrrole nitrogens is 1. The Balaban J connectivity index is 2.41. The number of aromatic amines is 1. The average molecular weight is 265 g/mol. The summed E-state index contributed by atoms with van der Waals surface area (Å²) in [4.78, 5) is 17.6. The van der Waals surface area contributed by atoms with Gasteiger partial charge < -0.3 is 15.2 Å². The predicted octanol–water partition coefficient (Wildman–Crippen LogP) is 2.40. The molecule has 0 aromatic carbocycles. The summed E-state index contributed by atoms with van der Waals surface area (Å²) in [5.41, 5.74) is 4.01. The van der Waals surface area contributed by atoms with Gasteiger partial charge in [-0.2, -0.15) is 0 Å². The lowest BCUT2D eigenvalue weighted by atomic mass is 10.1. The molecule has 0 bridgehead atoms. The summed E-state index contributed by atoms with van der Waals surface area (Å²) in [6, 6.07) is 0. The van der Waals surface area contributed by atoms with Crippen molar-refractivity contribution < 1.29 is 4.79 Å². The van der Waals surface area contributed by atoms with Crippen molar-refractivity contribution in [2.45, 2.75) is 41.0 Å². The molecular formula is C15H27N3O. The van der Waals surface area contributed by atoms with Crippen molar-refractivity contribution in [2.75, 3.05) is 26.2 Å². The minimum Gasteiger partial charge on any atom is -0.354 e. The van der Waals surface area contributed by atoms with Gasteiger partial charge in [0.2, 0.25) is 0 Å². The molecule has 0 spiro atoms. The maximum absolute atomic E-state index is 12.1. The largest absolute Gasteiger partial charge is 0.354 e. The van der Waals surface area contributed by atoms with Gasteiger partial charge in [-0.05, 0) is 58.0 Å². The predicted molar refractivity (Wildman–Crippen MR) is 79.7 cm³/mol. The molecule has 1 rings (SSSR count). The maximum Gasteiger partial charge on any atom is 0.267 e. The average Bonchev–Trinajstić information content (AvgIpc) is 2.66. The van der Waals surface area contributed by atoms with Gasteiger partial charge in [0, 0.05) is 12.2 Å². The molecule has 0 aliphatic rings. The third-order valence-electron chi connectivity index (χ3n) is 3.87. The molecule has 0 saturated heterocycles. The van der Waals surface area contributed by atoms with Crippen LogP contribution in [0.1, 0.15) is 47.6 Å². The Hall–Kier alpha value is -1.29. The summed E-state index contributed by atoms with van der Waals surface area (Å²) >= 11 is 0. The number of hydrogen-bond acceptors (Lipinski definition) is 2. The highest BCUT2D eigenvalue weighted by atomic mass is 16.1. The van der Waals surface area contributed by atoms with Crippen molar-refractivity contribution in [2.24, 2.45) is 0 Å². The Labute approximate surface area is 116 Å². The molecular weight excluding hydrogens is 238 g/mol. The van der Waals surface area contributed by atoms with Crippen LogP contribution in [-0.4, -0.2) is 42.0 Å². The van der Waals surface area contributed by atoms with E-state index in [-0.39, 0.29) is 5.91 Å². The molecule has 0 fully saturated rings. The van der Waals surface area contributed by atoms with Crippen LogP contribution in [0.4, 0.5) is 0 Å². The van der Waals surface area contributed by atoms with Crippen LogP contribution in [-0.2, 0) is 0 Å². The molecule has 1 heterocycles. The lowest BCUT2D eigenvalue weighted by molar-refractivity contribution is 0.0946. The quantitative estimate of drug-likeness (QED) is 0.744. The highest BCUT2D eigenvalue weighted by molar-refractivity contribution is 5.94. The first-order chi connectivity index (χ1) is 9.01. The first kappa shape index (κ1) is 15.8. The van der Waals surface area contributed by atoms with Crippen LogP contribution in [0.25, 0.3) is 0 Å². The van der Waals surface area contributed by atoms with Gasteiger partial charge in [-0.15, -0.1) is 0 Å². The van der Waals surface area contributed by atoms with Gasteiger partial charge >= 0.3 is 0 Å². The normalized spacial score (nSPS) is 11.1. The van der Waals surface area contributed by atoms with Crippen LogP contribution < -0.4 is 5.32 Å². The van der Waals surface area contributed by atoms with Gasteiger partial charge in [-0.3, -0.25) is 4.79 Å². The molecule has 4 heteroatoms. The van der Waals surface area contributed by atoms with Crippen molar-refractivity contribution in [3.63, 3.8) is 0 Å². The number of carbonyl (C=O) groups is 1. The molecule has 108 valence electrons. The molecule has 0 atom stereocenters. The molecule has 0 radical (unpaired) electrons. The van der Waals surface area contributed by atoms with E-state index in [1.807, 2.05) is 20.8 Å². The summed E-state index contributed by atoms with van der Waals surface area (Å²) in [5.74, 6) is 0.00764. The van der Waals surface area contributed by atoms with Gasteiger partial charge in [-0.25, -0.2) is 0 Å². The number of nitrogens with zero attached hydrogens (tertiary/aromatic N) is 1. The summed E-state index contributed by atoms with van der Waals surface area (Å²) in [5, 5.41) is 2.99. The molecule has 1 aromatic rings. The molecule has 4 nitrogen and oxygen atoms in total. The molecule has 2 N–H and O–H groups in total. The first-order valence-corrected chi connectivity index (χ1v) is 7.17. The zero-order valence-corrected chi connectivity index (χ0v) is 12.9. The highest BCUT2D eigenvalue weighted by Gasteiger charge is 2.14. The van der Waals surface area contributed by atoms with Crippen LogP contribution in [0, 0.1) is 20.8 Å². The van der Waals surface area contributed by atoms with E-state index in [2.05, 4.69) is 29.0 Å². The smallest absolute Gasteiger partial charge is 0.267 e. The highest BCUT2D eigenvalue weighted by Crippen LogP contribution is 2.15. The Morgan fingerprint density at radius 3 is 2.26 bits per heavy atom. The van der Waals surface area contributed by atoms with Crippen molar-refractivity contribution in [3.05, 3.63) is 22.5 Å². The van der Waals surface area contributed by atoms with Gasteiger partial charge in [0.15, 0.2) is 0 Å². The molecule has 1 amide bonds. The minimum absolute atomic E-state index is 0.00764. The fourth-order valence-corrected chi connectivity index (χ4v) is 2.20. The zero-order valence-electron chi connectivity index (χ0n) is 12.9. The summed E-state index contributed by atoms with van der Waals surface area (Å²) in [7, 11) is 0. The maximum atomic E-state index is 12.1. The number of amides is 1. The second kappa shape index (κ2) is 7.34. The SMILES string of the molecule is CCN(CC)CCCNC(=O)c1[nH]c(C)c(C)c1C. The fraction of sp³-hybridized carbons (Fsp3) is 0.667. The molecule has 0 saturated carbocycles. The fourth-order valence-electron chi connectivity index (χ4n) is 2.20. The van der Waals surface area contributed by atoms with E-state index in [9.17, 15) is 4.79 Å². The minimum atomic E-state index is 0.00764. The van der Waals surface area contributed by atoms with E-state index in [1.54, 1.807) is 0 Å².